The minimum absolute atomic E-state index is 0.183. The molecule has 3 N–H and O–H groups in total. The van der Waals surface area contributed by atoms with Crippen LogP contribution in [-0.2, 0) is 19.3 Å². The lowest BCUT2D eigenvalue weighted by atomic mass is 9.78. The number of nitrogens with one attached hydrogen (secondary N) is 3. The van der Waals surface area contributed by atoms with Crippen LogP contribution in [0.3, 0.4) is 0 Å². The number of quaternary nitrogens is 3. The molecule has 3 saturated heterocycles. The second-order valence-electron chi connectivity index (χ2n) is 26.6. The highest BCUT2D eigenvalue weighted by molar-refractivity contribution is 5.07. The smallest absolute Gasteiger partial charge is 0.138 e. The maximum absolute atomic E-state index is 15.8. The molecule has 7 rings (SSSR count). The third-order valence-corrected chi connectivity index (χ3v) is 16.4. The standard InChI is InChI=1S/C51H93N9O3/c1-46(2)31-58(61,32-47(3,4)55-46)40(37-22-16-13-17-23-37)28-43-52-44(29-41(38-24-18-14-19-25-38)59(62)33-48(5,6)56-49(7,8)34-59)54-45(53-43)30-42(39-26-20-15-21-27-39)60(63)35-50(9,10)57-51(11,12)36-60/h37-42,55-57H,13-36H2,1-12H3. The molecule has 3 aliphatic heterocycles. The first kappa shape index (κ1) is 49.6. The molecular weight excluding hydrogens is 787 g/mol. The zero-order chi connectivity index (χ0) is 45.9. The van der Waals surface area contributed by atoms with Crippen molar-refractivity contribution in [1.82, 2.24) is 30.9 Å². The molecular formula is C51H93N9O3. The van der Waals surface area contributed by atoms with Crippen molar-refractivity contribution in [3.63, 3.8) is 0 Å². The molecule has 63 heavy (non-hydrogen) atoms. The normalized spacial score (nSPS) is 30.5. The zero-order valence-electron chi connectivity index (χ0n) is 42.3. The van der Waals surface area contributed by atoms with Crippen molar-refractivity contribution < 1.29 is 13.9 Å². The summed E-state index contributed by atoms with van der Waals surface area (Å²) < 4.78 is -0.753. The van der Waals surface area contributed by atoms with Crippen molar-refractivity contribution in [2.24, 2.45) is 17.8 Å². The van der Waals surface area contributed by atoms with E-state index in [0.29, 0.717) is 76.0 Å². The van der Waals surface area contributed by atoms with E-state index in [0.717, 1.165) is 77.0 Å². The van der Waals surface area contributed by atoms with E-state index in [9.17, 15) is 0 Å². The summed E-state index contributed by atoms with van der Waals surface area (Å²) in [6.07, 6.45) is 18.4. The van der Waals surface area contributed by atoms with E-state index in [-0.39, 0.29) is 83.1 Å². The van der Waals surface area contributed by atoms with Crippen LogP contribution in [0.15, 0.2) is 0 Å². The lowest BCUT2D eigenvalue weighted by Gasteiger charge is -2.61. The van der Waals surface area contributed by atoms with Gasteiger partial charge in [0.05, 0.1) is 110 Å². The summed E-state index contributed by atoms with van der Waals surface area (Å²) in [6, 6.07) is -0.548. The number of rotatable bonds is 12. The third kappa shape index (κ3) is 12.2. The molecule has 0 radical (unpaired) electrons. The van der Waals surface area contributed by atoms with Crippen molar-refractivity contribution in [2.45, 2.75) is 250 Å². The van der Waals surface area contributed by atoms with Gasteiger partial charge in [-0.05, 0) is 122 Å². The monoisotopic (exact) mass is 880 g/mol. The topological polar surface area (TPSA) is 144 Å². The van der Waals surface area contributed by atoms with E-state index in [4.69, 9.17) is 15.0 Å². The van der Waals surface area contributed by atoms with Gasteiger partial charge in [0.15, 0.2) is 0 Å². The molecule has 0 amide bonds. The Hall–Kier alpha value is -1.35. The van der Waals surface area contributed by atoms with Crippen LogP contribution in [0.5, 0.6) is 0 Å². The Balaban J connectivity index is 1.34. The second kappa shape index (κ2) is 17.9. The van der Waals surface area contributed by atoms with Crippen LogP contribution < -0.4 is 16.0 Å². The highest BCUT2D eigenvalue weighted by atomic mass is 16.6. The molecule has 3 aliphatic carbocycles. The van der Waals surface area contributed by atoms with Crippen molar-refractivity contribution >= 4 is 0 Å². The quantitative estimate of drug-likeness (QED) is 0.139. The van der Waals surface area contributed by atoms with Crippen LogP contribution in [0.4, 0.5) is 0 Å². The van der Waals surface area contributed by atoms with Crippen molar-refractivity contribution in [1.29, 1.82) is 0 Å². The van der Waals surface area contributed by atoms with Gasteiger partial charge in [-0.1, -0.05) is 57.8 Å². The van der Waals surface area contributed by atoms with Gasteiger partial charge in [-0.2, -0.15) is 0 Å². The van der Waals surface area contributed by atoms with Gasteiger partial charge in [0, 0.05) is 17.8 Å². The molecule has 6 aliphatic rings. The maximum Gasteiger partial charge on any atom is 0.138 e. The summed E-state index contributed by atoms with van der Waals surface area (Å²) in [7, 11) is 0. The highest BCUT2D eigenvalue weighted by Gasteiger charge is 2.52. The molecule has 4 heterocycles. The summed E-state index contributed by atoms with van der Waals surface area (Å²) in [5, 5.41) is 58.7. The fourth-order valence-corrected chi connectivity index (χ4v) is 15.9. The zero-order valence-corrected chi connectivity index (χ0v) is 42.3. The Morgan fingerprint density at radius 2 is 0.571 bits per heavy atom. The summed E-state index contributed by atoms with van der Waals surface area (Å²) in [5.41, 5.74) is -1.92. The molecule has 3 unspecified atom stereocenters. The van der Waals surface area contributed by atoms with Gasteiger partial charge < -0.3 is 29.6 Å². The van der Waals surface area contributed by atoms with Crippen molar-refractivity contribution in [3.8, 4) is 0 Å². The van der Waals surface area contributed by atoms with Crippen LogP contribution >= 0.6 is 0 Å². The fraction of sp³-hybridized carbons (Fsp3) is 0.941. The number of hydrogen-bond acceptors (Lipinski definition) is 9. The predicted molar refractivity (Wildman–Crippen MR) is 256 cm³/mol. The van der Waals surface area contributed by atoms with E-state index in [2.05, 4.69) is 99.0 Å². The van der Waals surface area contributed by atoms with Gasteiger partial charge in [0.1, 0.15) is 17.5 Å². The molecule has 0 bridgehead atoms. The van der Waals surface area contributed by atoms with Crippen LogP contribution in [0, 0.1) is 33.4 Å². The third-order valence-electron chi connectivity index (χ3n) is 16.4. The second-order valence-corrected chi connectivity index (χ2v) is 26.6. The maximum atomic E-state index is 15.8. The molecule has 3 saturated carbocycles. The van der Waals surface area contributed by atoms with Gasteiger partial charge in [0.2, 0.25) is 0 Å². The number of hydroxylamine groups is 9. The van der Waals surface area contributed by atoms with Gasteiger partial charge in [-0.3, -0.25) is 16.0 Å². The van der Waals surface area contributed by atoms with Crippen LogP contribution in [-0.4, -0.2) is 120 Å². The first-order chi connectivity index (χ1) is 29.1. The predicted octanol–water partition coefficient (Wildman–Crippen LogP) is 8.77. The van der Waals surface area contributed by atoms with E-state index >= 15 is 15.6 Å². The van der Waals surface area contributed by atoms with Crippen LogP contribution in [0.25, 0.3) is 0 Å². The Bertz CT molecular complexity index is 1450. The highest BCUT2D eigenvalue weighted by Crippen LogP contribution is 2.42. The van der Waals surface area contributed by atoms with E-state index in [1.165, 1.54) is 19.3 Å². The summed E-state index contributed by atoms with van der Waals surface area (Å²) in [4.78, 5) is 16.4. The average Bonchev–Trinajstić information content (AvgIpc) is 3.11. The van der Waals surface area contributed by atoms with Crippen molar-refractivity contribution in [3.05, 3.63) is 33.1 Å². The molecule has 1 aromatic heterocycles. The Morgan fingerprint density at radius 3 is 0.762 bits per heavy atom. The summed E-state index contributed by atoms with van der Waals surface area (Å²) >= 11 is 0. The molecule has 12 heteroatoms. The fourth-order valence-electron chi connectivity index (χ4n) is 15.9. The summed E-state index contributed by atoms with van der Waals surface area (Å²) in [5.74, 6) is 2.97. The SMILES string of the molecule is CC1(C)C[N+]([O-])(C(Cc2nc(CC(C3CCCCC3)[N+]3([O-])CC(C)(C)NC(C)(C)C3)nc(CC(C3CCCCC3)[N+]3([O-])CC(C)(C)NC(C)(C)C3)n2)C2CCCCC2)CC(C)(C)N1. The van der Waals surface area contributed by atoms with E-state index in [1.807, 2.05) is 0 Å². The molecule has 12 nitrogen and oxygen atoms in total. The Morgan fingerprint density at radius 1 is 0.381 bits per heavy atom. The molecule has 1 aromatic rings. The average molecular weight is 880 g/mol. The largest absolute Gasteiger partial charge is 0.632 e. The Labute approximate surface area is 383 Å². The number of piperazine rings is 3. The van der Waals surface area contributed by atoms with Crippen LogP contribution in [0.1, 0.15) is 197 Å². The first-order valence-electron chi connectivity index (χ1n) is 25.9. The van der Waals surface area contributed by atoms with Crippen LogP contribution in [0.2, 0.25) is 0 Å². The minimum atomic E-state index is -0.320. The number of nitrogens with zero attached hydrogens (tertiary/aromatic N) is 6. The van der Waals surface area contributed by atoms with Gasteiger partial charge in [0.25, 0.3) is 0 Å². The molecule has 6 fully saturated rings. The lowest BCUT2D eigenvalue weighted by molar-refractivity contribution is -0.922. The van der Waals surface area contributed by atoms with Gasteiger partial charge in [-0.15, -0.1) is 0 Å². The van der Waals surface area contributed by atoms with Crippen molar-refractivity contribution in [2.75, 3.05) is 39.3 Å². The summed E-state index contributed by atoms with van der Waals surface area (Å²) in [6.45, 7) is 29.3. The lowest BCUT2D eigenvalue weighted by Crippen LogP contribution is -2.75. The first-order valence-corrected chi connectivity index (χ1v) is 25.9. The van der Waals surface area contributed by atoms with Gasteiger partial charge in [-0.25, -0.2) is 15.0 Å². The molecule has 3 atom stereocenters. The molecule has 360 valence electrons. The molecule has 0 aromatic carbocycles. The van der Waals surface area contributed by atoms with E-state index in [1.54, 1.807) is 0 Å². The van der Waals surface area contributed by atoms with E-state index < -0.39 is 0 Å². The van der Waals surface area contributed by atoms with Gasteiger partial charge >= 0.3 is 0 Å². The Kier molecular flexibility index (Phi) is 14.1. The number of hydrogen-bond donors (Lipinski definition) is 3. The number of aromatic nitrogens is 3. The minimum Gasteiger partial charge on any atom is -0.632 e. The molecule has 0 spiro atoms.